The van der Waals surface area contributed by atoms with Gasteiger partial charge in [-0.05, 0) is 73.3 Å². The monoisotopic (exact) mass is 473 g/mol. The van der Waals surface area contributed by atoms with Crippen LogP contribution in [0.25, 0.3) is 0 Å². The number of rotatable bonds is 7. The number of nitrogens with zero attached hydrogens (tertiary/aromatic N) is 1. The lowest BCUT2D eigenvalue weighted by molar-refractivity contribution is 0.221. The molecule has 180 valence electrons. The summed E-state index contributed by atoms with van der Waals surface area (Å²) in [6.07, 6.45) is 4.03. The van der Waals surface area contributed by atoms with E-state index in [-0.39, 0.29) is 5.41 Å². The van der Waals surface area contributed by atoms with Crippen LogP contribution in [-0.2, 0) is 18.6 Å². The van der Waals surface area contributed by atoms with E-state index in [4.69, 9.17) is 4.74 Å². The molecule has 1 saturated heterocycles. The molecule has 3 aromatic rings. The van der Waals surface area contributed by atoms with Crippen molar-refractivity contribution in [3.63, 3.8) is 0 Å². The molecule has 3 aromatic carbocycles. The predicted octanol–water partition coefficient (Wildman–Crippen LogP) is 6.80. The van der Waals surface area contributed by atoms with Gasteiger partial charge in [0.05, 0.1) is 0 Å². The minimum Gasteiger partial charge on any atom is -0.488 e. The second-order valence-electron chi connectivity index (χ2n) is 10.8. The largest absolute Gasteiger partial charge is 0.488 e. The first-order valence-electron chi connectivity index (χ1n) is 12.7. The van der Waals surface area contributed by atoms with E-state index < -0.39 is 0 Å². The average molecular weight is 474 g/mol. The van der Waals surface area contributed by atoms with Gasteiger partial charge in [0.15, 0.2) is 0 Å². The quantitative estimate of drug-likeness (QED) is 0.350. The van der Waals surface area contributed by atoms with E-state index in [1.54, 1.807) is 0 Å². The van der Waals surface area contributed by atoms with Gasteiger partial charge in [-0.2, -0.15) is 0 Å². The van der Waals surface area contributed by atoms with Crippen LogP contribution in [0.1, 0.15) is 67.9 Å². The Morgan fingerprint density at radius 1 is 0.824 bits per heavy atom. The van der Waals surface area contributed by atoms with Gasteiger partial charge < -0.3 is 4.74 Å². The SMILES string of the molecule is Cc1ccc(Pc2cc(C)cc(C(C)(C)C)c2OCc2ccccc2)c(CN2CCCCC2)c1. The first-order chi connectivity index (χ1) is 16.3. The summed E-state index contributed by atoms with van der Waals surface area (Å²) in [7, 11) is 0.579. The van der Waals surface area contributed by atoms with Crippen LogP contribution in [-0.4, -0.2) is 18.0 Å². The highest BCUT2D eigenvalue weighted by atomic mass is 31.1. The van der Waals surface area contributed by atoms with E-state index >= 15 is 0 Å². The highest BCUT2D eigenvalue weighted by Gasteiger charge is 2.23. The Balaban J connectivity index is 1.69. The van der Waals surface area contributed by atoms with Gasteiger partial charge in [-0.3, -0.25) is 4.90 Å². The third-order valence-electron chi connectivity index (χ3n) is 6.64. The Bertz CT molecular complexity index is 1090. The fourth-order valence-electron chi connectivity index (χ4n) is 4.79. The minimum atomic E-state index is 0.0151. The van der Waals surface area contributed by atoms with Crippen molar-refractivity contribution in [2.75, 3.05) is 13.1 Å². The maximum absolute atomic E-state index is 6.62. The first-order valence-corrected chi connectivity index (χ1v) is 13.7. The highest BCUT2D eigenvalue weighted by molar-refractivity contribution is 7.55. The van der Waals surface area contributed by atoms with Gasteiger partial charge in [0.1, 0.15) is 12.4 Å². The molecular formula is C31H40NOP. The Kier molecular flexibility index (Phi) is 8.12. The van der Waals surface area contributed by atoms with Crippen LogP contribution in [0.2, 0.25) is 0 Å². The lowest BCUT2D eigenvalue weighted by Crippen LogP contribution is -2.31. The van der Waals surface area contributed by atoms with Crippen molar-refractivity contribution in [3.05, 3.63) is 88.5 Å². The topological polar surface area (TPSA) is 12.5 Å². The number of ether oxygens (including phenoxy) is 1. The zero-order valence-electron chi connectivity index (χ0n) is 21.6. The van der Waals surface area contributed by atoms with Crippen molar-refractivity contribution in [2.24, 2.45) is 0 Å². The van der Waals surface area contributed by atoms with Crippen LogP contribution >= 0.6 is 8.58 Å². The molecule has 0 amide bonds. The summed E-state index contributed by atoms with van der Waals surface area (Å²) in [6, 6.07) is 22.2. The van der Waals surface area contributed by atoms with Gasteiger partial charge in [0, 0.05) is 17.4 Å². The smallest absolute Gasteiger partial charge is 0.131 e. The fourth-order valence-corrected chi connectivity index (χ4v) is 6.18. The van der Waals surface area contributed by atoms with E-state index in [1.165, 1.54) is 70.8 Å². The maximum atomic E-state index is 6.62. The zero-order valence-corrected chi connectivity index (χ0v) is 22.6. The molecule has 0 aliphatic carbocycles. The summed E-state index contributed by atoms with van der Waals surface area (Å²) in [5.41, 5.74) is 6.66. The van der Waals surface area contributed by atoms with E-state index in [1.807, 2.05) is 0 Å². The minimum absolute atomic E-state index is 0.0151. The molecular weight excluding hydrogens is 433 g/mol. The lowest BCUT2D eigenvalue weighted by atomic mass is 9.85. The molecule has 0 bridgehead atoms. The van der Waals surface area contributed by atoms with Crippen molar-refractivity contribution in [1.82, 2.24) is 4.90 Å². The van der Waals surface area contributed by atoms with Crippen LogP contribution in [0, 0.1) is 13.8 Å². The molecule has 0 spiro atoms. The van der Waals surface area contributed by atoms with Crippen molar-refractivity contribution in [2.45, 2.75) is 72.4 Å². The second-order valence-corrected chi connectivity index (χ2v) is 12.2. The molecule has 1 unspecified atom stereocenters. The number of hydrogen-bond acceptors (Lipinski definition) is 2. The number of benzene rings is 3. The van der Waals surface area contributed by atoms with Gasteiger partial charge in [-0.1, -0.05) is 95.9 Å². The summed E-state index contributed by atoms with van der Waals surface area (Å²) >= 11 is 0. The first kappa shape index (κ1) is 25.0. The molecule has 1 aliphatic rings. The highest BCUT2D eigenvalue weighted by Crippen LogP contribution is 2.35. The Morgan fingerprint density at radius 3 is 2.26 bits per heavy atom. The molecule has 3 heteroatoms. The van der Waals surface area contributed by atoms with Gasteiger partial charge in [-0.25, -0.2) is 0 Å². The molecule has 1 aliphatic heterocycles. The summed E-state index contributed by atoms with van der Waals surface area (Å²) < 4.78 is 6.62. The summed E-state index contributed by atoms with van der Waals surface area (Å²) in [5, 5.41) is 2.77. The zero-order chi connectivity index (χ0) is 24.1. The van der Waals surface area contributed by atoms with E-state index in [0.717, 1.165) is 12.3 Å². The second kappa shape index (κ2) is 11.1. The molecule has 34 heavy (non-hydrogen) atoms. The lowest BCUT2D eigenvalue weighted by Gasteiger charge is -2.28. The van der Waals surface area contributed by atoms with Gasteiger partial charge >= 0.3 is 0 Å². The van der Waals surface area contributed by atoms with Crippen molar-refractivity contribution >= 4 is 19.2 Å². The summed E-state index contributed by atoms with van der Waals surface area (Å²) in [4.78, 5) is 2.63. The molecule has 1 atom stereocenters. The third-order valence-corrected chi connectivity index (χ3v) is 8.04. The number of piperidine rings is 1. The number of aryl methyl sites for hydroxylation is 2. The van der Waals surface area contributed by atoms with Crippen LogP contribution in [0.3, 0.4) is 0 Å². The predicted molar refractivity (Wildman–Crippen MR) is 149 cm³/mol. The van der Waals surface area contributed by atoms with Gasteiger partial charge in [0.25, 0.3) is 0 Å². The Hall–Kier alpha value is -2.15. The van der Waals surface area contributed by atoms with Crippen LogP contribution in [0.4, 0.5) is 0 Å². The molecule has 2 nitrogen and oxygen atoms in total. The fraction of sp³-hybridized carbons (Fsp3) is 0.419. The number of hydrogen-bond donors (Lipinski definition) is 0. The molecule has 0 radical (unpaired) electrons. The van der Waals surface area contributed by atoms with Gasteiger partial charge in [-0.15, -0.1) is 0 Å². The van der Waals surface area contributed by atoms with Crippen molar-refractivity contribution < 1.29 is 4.74 Å². The van der Waals surface area contributed by atoms with E-state index in [9.17, 15) is 0 Å². The van der Waals surface area contributed by atoms with Crippen molar-refractivity contribution in [1.29, 1.82) is 0 Å². The third kappa shape index (κ3) is 6.49. The van der Waals surface area contributed by atoms with Crippen LogP contribution in [0.15, 0.2) is 60.7 Å². The molecule has 1 fully saturated rings. The summed E-state index contributed by atoms with van der Waals surface area (Å²) in [6.45, 7) is 15.4. The van der Waals surface area contributed by atoms with Crippen molar-refractivity contribution in [3.8, 4) is 5.75 Å². The molecule has 1 heterocycles. The molecule has 0 aromatic heterocycles. The number of likely N-dealkylation sites (tertiary alicyclic amines) is 1. The normalized spacial score (nSPS) is 15.2. The standard InChI is InChI=1S/C31H40NOP/c1-23-14-15-28(26(18-23)21-32-16-10-7-11-17-32)34-29-20-24(2)19-27(31(3,4)5)30(29)33-22-25-12-8-6-9-13-25/h6,8-9,12-15,18-20,34H,7,10-11,16-17,21-22H2,1-5H3. The van der Waals surface area contributed by atoms with E-state index in [0.29, 0.717) is 15.2 Å². The molecule has 0 N–H and O–H groups in total. The Labute approximate surface area is 208 Å². The summed E-state index contributed by atoms with van der Waals surface area (Å²) in [5.74, 6) is 1.07. The Morgan fingerprint density at radius 2 is 1.56 bits per heavy atom. The van der Waals surface area contributed by atoms with Crippen LogP contribution in [0.5, 0.6) is 5.75 Å². The molecule has 4 rings (SSSR count). The molecule has 0 saturated carbocycles. The average Bonchev–Trinajstić information content (AvgIpc) is 2.80. The van der Waals surface area contributed by atoms with Gasteiger partial charge in [0.2, 0.25) is 0 Å². The van der Waals surface area contributed by atoms with Crippen LogP contribution < -0.4 is 15.3 Å². The van der Waals surface area contributed by atoms with E-state index in [2.05, 4.69) is 100 Å². The maximum Gasteiger partial charge on any atom is 0.131 e.